The number of benzene rings is 5. The highest BCUT2D eigenvalue weighted by atomic mass is 32.1. The zero-order valence-corrected chi connectivity index (χ0v) is 44.0. The normalized spacial score (nSPS) is 19.1. The predicted octanol–water partition coefficient (Wildman–Crippen LogP) is 15.9. The van der Waals surface area contributed by atoms with Gasteiger partial charge in [-0.3, -0.25) is 0 Å². The number of hydrogen-bond donors (Lipinski definition) is 0. The molecule has 0 saturated heterocycles. The van der Waals surface area contributed by atoms with Crippen LogP contribution in [-0.2, 0) is 37.9 Å². The molecule has 0 atom stereocenters. The summed E-state index contributed by atoms with van der Waals surface area (Å²) in [6.45, 7) is 43.7. The van der Waals surface area contributed by atoms with Gasteiger partial charge in [-0.1, -0.05) is 160 Å². The van der Waals surface area contributed by atoms with Crippen LogP contribution < -0.4 is 26.2 Å². The zero-order chi connectivity index (χ0) is 46.9. The Morgan fingerprint density at radius 3 is 1.65 bits per heavy atom. The quantitative estimate of drug-likeness (QED) is 0.160. The molecule has 65 heavy (non-hydrogen) atoms. The highest BCUT2D eigenvalue weighted by Crippen LogP contribution is 2.56. The van der Waals surface area contributed by atoms with E-state index >= 15 is 0 Å². The second-order valence-electron chi connectivity index (χ2n) is 26.5. The van der Waals surface area contributed by atoms with Crippen molar-refractivity contribution in [3.8, 4) is 0 Å². The van der Waals surface area contributed by atoms with E-state index in [1.54, 1.807) is 5.56 Å². The standard InChI is InChI=1S/C61H75BN2S/c1-36-31-37(55(2,3)4)19-25-46(36)64-48-34-39(57(8,9)10)33-47-52(48)62(51-41-32-38(56(5,6)7)20-26-49(41)65-54(51)64)45-24-23-43-50(61(17,18)30-29-59(43,13)14)53(45)63(47)40-21-22-42-44(35-40)60(15,16)28-27-58(42,11)12/h19-26,31-35H,27-30H2,1-18H3. The molecule has 2 aliphatic carbocycles. The first-order chi connectivity index (χ1) is 30.0. The Morgan fingerprint density at radius 2 is 1.03 bits per heavy atom. The molecule has 0 fully saturated rings. The molecule has 0 N–H and O–H groups in total. The van der Waals surface area contributed by atoms with E-state index in [0.29, 0.717) is 0 Å². The number of fused-ring (bicyclic) bond motifs is 9. The summed E-state index contributed by atoms with van der Waals surface area (Å²) >= 11 is 1.99. The Bertz CT molecular complexity index is 2970. The van der Waals surface area contributed by atoms with Crippen molar-refractivity contribution < 1.29 is 0 Å². The SMILES string of the molecule is Cc1cc(C(C)(C)C)ccc1N1c2cc(C(C)(C)C)cc3c2B(c2ccc4c(c2N3c2ccc3c(c2)C(C)(C)CCC3(C)C)C(C)(C)CCC4(C)C)c2c1sc1ccc(C(C)(C)C)cc21. The molecule has 0 radical (unpaired) electrons. The van der Waals surface area contributed by atoms with Crippen molar-refractivity contribution in [2.45, 2.75) is 188 Å². The summed E-state index contributed by atoms with van der Waals surface area (Å²) in [7, 11) is 0. The van der Waals surface area contributed by atoms with Gasteiger partial charge in [-0.25, -0.2) is 0 Å². The van der Waals surface area contributed by atoms with Gasteiger partial charge >= 0.3 is 0 Å². The van der Waals surface area contributed by atoms with Crippen molar-refractivity contribution in [1.29, 1.82) is 0 Å². The van der Waals surface area contributed by atoms with Gasteiger partial charge in [0.05, 0.1) is 5.00 Å². The van der Waals surface area contributed by atoms with Gasteiger partial charge in [0.25, 0.3) is 6.71 Å². The molecule has 4 aliphatic rings. The monoisotopic (exact) mass is 879 g/mol. The van der Waals surface area contributed by atoms with Gasteiger partial charge in [-0.15, -0.1) is 11.3 Å². The lowest BCUT2D eigenvalue weighted by Gasteiger charge is -2.50. The smallest absolute Gasteiger partial charge is 0.254 e. The molecular formula is C61H75BN2S. The van der Waals surface area contributed by atoms with Gasteiger partial charge in [-0.2, -0.15) is 0 Å². The van der Waals surface area contributed by atoms with E-state index in [4.69, 9.17) is 0 Å². The molecule has 0 unspecified atom stereocenters. The van der Waals surface area contributed by atoms with E-state index in [1.807, 2.05) is 11.3 Å². The molecule has 2 aliphatic heterocycles. The van der Waals surface area contributed by atoms with Crippen molar-refractivity contribution >= 4 is 78.0 Å². The van der Waals surface area contributed by atoms with Crippen LogP contribution in [0.15, 0.2) is 78.9 Å². The van der Waals surface area contributed by atoms with Crippen LogP contribution in [-0.4, -0.2) is 6.71 Å². The minimum absolute atomic E-state index is 0.0164. The zero-order valence-electron chi connectivity index (χ0n) is 43.2. The third-order valence-corrected chi connectivity index (χ3v) is 17.9. The van der Waals surface area contributed by atoms with Crippen molar-refractivity contribution in [2.75, 3.05) is 9.80 Å². The maximum absolute atomic E-state index is 2.80. The van der Waals surface area contributed by atoms with Gasteiger partial charge < -0.3 is 9.80 Å². The largest absolute Gasteiger partial charge is 0.311 e. The topological polar surface area (TPSA) is 6.48 Å². The van der Waals surface area contributed by atoms with E-state index in [-0.39, 0.29) is 44.6 Å². The number of rotatable bonds is 2. The van der Waals surface area contributed by atoms with Gasteiger partial charge in [0.2, 0.25) is 0 Å². The first-order valence-corrected chi connectivity index (χ1v) is 25.6. The van der Waals surface area contributed by atoms with Crippen LogP contribution >= 0.6 is 11.3 Å². The molecule has 2 nitrogen and oxygen atoms in total. The summed E-state index contributed by atoms with van der Waals surface area (Å²) in [5.74, 6) is 0. The lowest BCUT2D eigenvalue weighted by atomic mass is 9.33. The molecule has 6 aromatic rings. The molecule has 0 spiro atoms. The maximum Gasteiger partial charge on any atom is 0.254 e. The predicted molar refractivity (Wildman–Crippen MR) is 287 cm³/mol. The van der Waals surface area contributed by atoms with Gasteiger partial charge in [-0.05, 0) is 173 Å². The van der Waals surface area contributed by atoms with Crippen LogP contribution in [0.3, 0.4) is 0 Å². The number of nitrogens with zero attached hydrogens (tertiary/aromatic N) is 2. The Morgan fingerprint density at radius 1 is 0.492 bits per heavy atom. The average molecular weight is 879 g/mol. The Balaban J connectivity index is 1.40. The summed E-state index contributed by atoms with van der Waals surface area (Å²) in [6, 6.07) is 32.7. The van der Waals surface area contributed by atoms with Crippen LogP contribution in [0, 0.1) is 6.92 Å². The van der Waals surface area contributed by atoms with Gasteiger partial charge in [0.1, 0.15) is 0 Å². The second-order valence-corrected chi connectivity index (χ2v) is 27.5. The minimum Gasteiger partial charge on any atom is -0.311 e. The molecule has 5 aromatic carbocycles. The molecule has 10 rings (SSSR count). The van der Waals surface area contributed by atoms with Crippen LogP contribution in [0.25, 0.3) is 10.1 Å². The molecule has 0 saturated carbocycles. The fraction of sp³-hybridized carbons (Fsp3) is 0.475. The summed E-state index contributed by atoms with van der Waals surface area (Å²) in [5.41, 5.74) is 22.8. The van der Waals surface area contributed by atoms with E-state index < -0.39 is 0 Å². The van der Waals surface area contributed by atoms with Crippen molar-refractivity contribution in [3.05, 3.63) is 123 Å². The average Bonchev–Trinajstić information content (AvgIpc) is 3.58. The Hall–Kier alpha value is -4.28. The maximum atomic E-state index is 2.80. The lowest BCUT2D eigenvalue weighted by Crippen LogP contribution is -2.62. The summed E-state index contributed by atoms with van der Waals surface area (Å²) in [6.07, 6.45) is 4.74. The highest BCUT2D eigenvalue weighted by Gasteiger charge is 2.50. The third kappa shape index (κ3) is 6.75. The molecule has 3 heterocycles. The summed E-state index contributed by atoms with van der Waals surface area (Å²) in [4.78, 5) is 5.50. The number of aryl methyl sites for hydroxylation is 1. The molecule has 0 bridgehead atoms. The Labute approximate surface area is 397 Å². The van der Waals surface area contributed by atoms with Crippen LogP contribution in [0.1, 0.15) is 188 Å². The van der Waals surface area contributed by atoms with Crippen LogP contribution in [0.4, 0.5) is 33.4 Å². The highest BCUT2D eigenvalue weighted by molar-refractivity contribution is 7.26. The van der Waals surface area contributed by atoms with Crippen LogP contribution in [0.5, 0.6) is 0 Å². The van der Waals surface area contributed by atoms with E-state index in [1.165, 1.54) is 118 Å². The number of thiophene rings is 1. The van der Waals surface area contributed by atoms with E-state index in [0.717, 1.165) is 6.42 Å². The summed E-state index contributed by atoms with van der Waals surface area (Å²) in [5, 5.41) is 2.77. The van der Waals surface area contributed by atoms with E-state index in [2.05, 4.69) is 213 Å². The third-order valence-electron chi connectivity index (χ3n) is 16.8. The molecule has 0 amide bonds. The van der Waals surface area contributed by atoms with Gasteiger partial charge in [0, 0.05) is 33.1 Å². The second kappa shape index (κ2) is 13.9. The Kier molecular flexibility index (Phi) is 9.53. The molecule has 338 valence electrons. The number of hydrogen-bond acceptors (Lipinski definition) is 3. The molecular weight excluding hydrogens is 804 g/mol. The first-order valence-electron chi connectivity index (χ1n) is 24.8. The fourth-order valence-electron chi connectivity index (χ4n) is 12.2. The molecule has 4 heteroatoms. The summed E-state index contributed by atoms with van der Waals surface area (Å²) < 4.78 is 1.37. The van der Waals surface area contributed by atoms with Gasteiger partial charge in [0.15, 0.2) is 0 Å². The minimum atomic E-state index is -0.0922. The molecule has 1 aromatic heterocycles. The van der Waals surface area contributed by atoms with Crippen molar-refractivity contribution in [1.82, 2.24) is 0 Å². The van der Waals surface area contributed by atoms with E-state index in [9.17, 15) is 0 Å². The number of anilines is 6. The van der Waals surface area contributed by atoms with Crippen LogP contribution in [0.2, 0.25) is 0 Å². The first kappa shape index (κ1) is 44.6. The fourth-order valence-corrected chi connectivity index (χ4v) is 13.5. The lowest BCUT2D eigenvalue weighted by molar-refractivity contribution is 0.331. The van der Waals surface area contributed by atoms with Crippen molar-refractivity contribution in [3.63, 3.8) is 0 Å². The van der Waals surface area contributed by atoms with Crippen molar-refractivity contribution in [2.24, 2.45) is 0 Å².